The van der Waals surface area contributed by atoms with Gasteiger partial charge in [-0.15, -0.1) is 0 Å². The van der Waals surface area contributed by atoms with Crippen molar-refractivity contribution in [2.45, 2.75) is 32.1 Å². The highest BCUT2D eigenvalue weighted by Gasteiger charge is 2.12. The molecular weight excluding hydrogens is 236 g/mol. The number of benzene rings is 1. The van der Waals surface area contributed by atoms with E-state index in [4.69, 9.17) is 0 Å². The van der Waals surface area contributed by atoms with Gasteiger partial charge in [-0.2, -0.15) is 0 Å². The van der Waals surface area contributed by atoms with Crippen LogP contribution in [0.4, 0.5) is 11.4 Å². The highest BCUT2D eigenvalue weighted by atomic mass is 16.1. The zero-order chi connectivity index (χ0) is 13.7. The minimum absolute atomic E-state index is 0.301. The molecule has 0 radical (unpaired) electrons. The van der Waals surface area contributed by atoms with Crippen molar-refractivity contribution in [3.05, 3.63) is 36.0 Å². The van der Waals surface area contributed by atoms with Crippen molar-refractivity contribution in [2.75, 3.05) is 24.3 Å². The average molecular weight is 258 g/mol. The fourth-order valence-electron chi connectivity index (χ4n) is 2.26. The third-order valence-electron chi connectivity index (χ3n) is 3.50. The number of ketones is 1. The van der Waals surface area contributed by atoms with Crippen LogP contribution in [0.15, 0.2) is 36.0 Å². The Labute approximate surface area is 115 Å². The van der Waals surface area contributed by atoms with Gasteiger partial charge in [-0.1, -0.05) is 6.42 Å². The Balaban J connectivity index is 2.02. The Hall–Kier alpha value is -1.77. The number of nitrogens with zero attached hydrogens (tertiary/aromatic N) is 1. The Kier molecular flexibility index (Phi) is 4.61. The maximum Gasteiger partial charge on any atom is 0.160 e. The maximum absolute atomic E-state index is 11.9. The van der Waals surface area contributed by atoms with E-state index in [9.17, 15) is 4.79 Å². The lowest BCUT2D eigenvalue weighted by molar-refractivity contribution is -0.115. The van der Waals surface area contributed by atoms with Gasteiger partial charge in [0.25, 0.3) is 0 Å². The molecule has 1 aromatic rings. The molecule has 3 nitrogen and oxygen atoms in total. The quantitative estimate of drug-likeness (QED) is 0.664. The molecule has 0 amide bonds. The number of anilines is 2. The highest BCUT2D eigenvalue weighted by molar-refractivity contribution is 5.95. The lowest BCUT2D eigenvalue weighted by Gasteiger charge is -2.12. The molecule has 0 unspecified atom stereocenters. The number of carbonyl (C=O) groups excluding carboxylic acids is 1. The third-order valence-corrected chi connectivity index (χ3v) is 3.50. The molecule has 1 fully saturated rings. The van der Waals surface area contributed by atoms with E-state index < -0.39 is 0 Å². The van der Waals surface area contributed by atoms with Crippen molar-refractivity contribution in [3.8, 4) is 0 Å². The van der Waals surface area contributed by atoms with Crippen LogP contribution >= 0.6 is 0 Å². The summed E-state index contributed by atoms with van der Waals surface area (Å²) in [5.74, 6) is 0.301. The van der Waals surface area contributed by atoms with Crippen LogP contribution < -0.4 is 10.2 Å². The molecule has 0 aliphatic heterocycles. The topological polar surface area (TPSA) is 32.3 Å². The number of Topliss-reactive ketones (excluding diaryl/α,β-unsaturated/α-hetero) is 1. The molecule has 3 heteroatoms. The monoisotopic (exact) mass is 258 g/mol. The molecule has 1 aromatic carbocycles. The van der Waals surface area contributed by atoms with Gasteiger partial charge >= 0.3 is 0 Å². The minimum atomic E-state index is 0.301. The molecule has 2 rings (SSSR count). The van der Waals surface area contributed by atoms with E-state index in [2.05, 4.69) is 22.3 Å². The molecule has 0 saturated heterocycles. The van der Waals surface area contributed by atoms with E-state index >= 15 is 0 Å². The van der Waals surface area contributed by atoms with Crippen molar-refractivity contribution < 1.29 is 4.79 Å². The molecule has 0 bridgehead atoms. The SMILES string of the molecule is CN(C)c1ccc(N/C=C2\CCCCCC2=O)cc1. The van der Waals surface area contributed by atoms with Crippen LogP contribution in [0.1, 0.15) is 32.1 Å². The van der Waals surface area contributed by atoms with Gasteiger partial charge in [-0.05, 0) is 43.5 Å². The van der Waals surface area contributed by atoms with E-state index in [0.29, 0.717) is 12.2 Å². The number of carbonyl (C=O) groups is 1. The van der Waals surface area contributed by atoms with Crippen LogP contribution in [0, 0.1) is 0 Å². The van der Waals surface area contributed by atoms with Crippen LogP contribution in [0.5, 0.6) is 0 Å². The van der Waals surface area contributed by atoms with Crippen molar-refractivity contribution in [1.82, 2.24) is 0 Å². The first-order chi connectivity index (χ1) is 9.16. The second-order valence-corrected chi connectivity index (χ2v) is 5.24. The Bertz CT molecular complexity index is 460. The summed E-state index contributed by atoms with van der Waals surface area (Å²) in [6, 6.07) is 8.20. The second kappa shape index (κ2) is 6.41. The number of allylic oxidation sites excluding steroid dienone is 1. The largest absolute Gasteiger partial charge is 0.378 e. The van der Waals surface area contributed by atoms with Crippen molar-refractivity contribution in [1.29, 1.82) is 0 Å². The molecule has 19 heavy (non-hydrogen) atoms. The van der Waals surface area contributed by atoms with Crippen LogP contribution in [-0.2, 0) is 4.79 Å². The fraction of sp³-hybridized carbons (Fsp3) is 0.438. The van der Waals surface area contributed by atoms with Gasteiger partial charge in [0.2, 0.25) is 0 Å². The summed E-state index contributed by atoms with van der Waals surface area (Å²) in [4.78, 5) is 13.9. The molecule has 0 atom stereocenters. The van der Waals surface area contributed by atoms with Gasteiger partial charge in [-0.25, -0.2) is 0 Å². The summed E-state index contributed by atoms with van der Waals surface area (Å²) in [6.07, 6.45) is 6.82. The number of hydrogen-bond acceptors (Lipinski definition) is 3. The van der Waals surface area contributed by atoms with Crippen molar-refractivity contribution >= 4 is 17.2 Å². The van der Waals surface area contributed by atoms with Gasteiger partial charge in [0.05, 0.1) is 0 Å². The predicted octanol–water partition coefficient (Wildman–Crippen LogP) is 3.58. The summed E-state index contributed by atoms with van der Waals surface area (Å²) >= 11 is 0. The maximum atomic E-state index is 11.9. The van der Waals surface area contributed by atoms with Gasteiger partial charge in [0.1, 0.15) is 0 Å². The molecule has 0 aromatic heterocycles. The van der Waals surface area contributed by atoms with E-state index in [1.807, 2.05) is 32.4 Å². The van der Waals surface area contributed by atoms with Gasteiger partial charge in [0, 0.05) is 43.7 Å². The smallest absolute Gasteiger partial charge is 0.160 e. The average Bonchev–Trinajstić information content (AvgIpc) is 2.61. The third kappa shape index (κ3) is 3.85. The Morgan fingerprint density at radius 2 is 1.74 bits per heavy atom. The standard InChI is InChI=1S/C16H22N2O/c1-18(2)15-10-8-14(9-11-15)17-12-13-6-4-3-5-7-16(13)19/h8-12,17H,3-7H2,1-2H3/b13-12+. The number of nitrogens with one attached hydrogen (secondary N) is 1. The highest BCUT2D eigenvalue weighted by Crippen LogP contribution is 2.20. The number of rotatable bonds is 3. The van der Waals surface area contributed by atoms with Crippen LogP contribution in [-0.4, -0.2) is 19.9 Å². The van der Waals surface area contributed by atoms with E-state index in [-0.39, 0.29) is 0 Å². The summed E-state index contributed by atoms with van der Waals surface area (Å²) in [6.45, 7) is 0. The molecular formula is C16H22N2O. The molecule has 1 aliphatic rings. The van der Waals surface area contributed by atoms with E-state index in [1.165, 1.54) is 12.1 Å². The van der Waals surface area contributed by atoms with E-state index in [0.717, 1.165) is 30.5 Å². The molecule has 1 N–H and O–H groups in total. The number of hydrogen-bond donors (Lipinski definition) is 1. The first-order valence-electron chi connectivity index (χ1n) is 6.93. The first-order valence-corrected chi connectivity index (χ1v) is 6.93. The van der Waals surface area contributed by atoms with Crippen LogP contribution in [0.3, 0.4) is 0 Å². The van der Waals surface area contributed by atoms with Crippen LogP contribution in [0.25, 0.3) is 0 Å². The van der Waals surface area contributed by atoms with E-state index in [1.54, 1.807) is 0 Å². The van der Waals surface area contributed by atoms with Gasteiger partial charge < -0.3 is 10.2 Å². The molecule has 1 aliphatic carbocycles. The summed E-state index contributed by atoms with van der Waals surface area (Å²) < 4.78 is 0. The molecule has 0 spiro atoms. The van der Waals surface area contributed by atoms with Crippen molar-refractivity contribution in [2.24, 2.45) is 0 Å². The van der Waals surface area contributed by atoms with Crippen LogP contribution in [0.2, 0.25) is 0 Å². The summed E-state index contributed by atoms with van der Waals surface area (Å²) in [7, 11) is 4.04. The summed E-state index contributed by atoms with van der Waals surface area (Å²) in [5.41, 5.74) is 3.13. The minimum Gasteiger partial charge on any atom is -0.378 e. The zero-order valence-electron chi connectivity index (χ0n) is 11.8. The lowest BCUT2D eigenvalue weighted by Crippen LogP contribution is -2.08. The summed E-state index contributed by atoms with van der Waals surface area (Å²) in [5, 5.41) is 3.24. The normalized spacial score (nSPS) is 18.2. The van der Waals surface area contributed by atoms with Gasteiger partial charge in [0.15, 0.2) is 5.78 Å². The zero-order valence-corrected chi connectivity index (χ0v) is 11.8. The lowest BCUT2D eigenvalue weighted by atomic mass is 10.1. The molecule has 102 valence electrons. The predicted molar refractivity (Wildman–Crippen MR) is 80.6 cm³/mol. The van der Waals surface area contributed by atoms with Gasteiger partial charge in [-0.3, -0.25) is 4.79 Å². The Morgan fingerprint density at radius 1 is 1.05 bits per heavy atom. The molecule has 1 saturated carbocycles. The molecule has 0 heterocycles. The van der Waals surface area contributed by atoms with Crippen molar-refractivity contribution in [3.63, 3.8) is 0 Å². The first kappa shape index (κ1) is 13.7. The fourth-order valence-corrected chi connectivity index (χ4v) is 2.26. The second-order valence-electron chi connectivity index (χ2n) is 5.24. The Morgan fingerprint density at radius 3 is 2.42 bits per heavy atom.